The summed E-state index contributed by atoms with van der Waals surface area (Å²) >= 11 is 0. The molecule has 0 saturated carbocycles. The van der Waals surface area contributed by atoms with Gasteiger partial charge < -0.3 is 4.57 Å². The molecule has 106 valence electrons. The van der Waals surface area contributed by atoms with Crippen LogP contribution in [0.2, 0.25) is 0 Å². The molecule has 0 aliphatic heterocycles. The van der Waals surface area contributed by atoms with E-state index in [1.807, 2.05) is 42.5 Å². The zero-order valence-corrected chi connectivity index (χ0v) is 11.9. The monoisotopic (exact) mass is 287 g/mol. The van der Waals surface area contributed by atoms with Crippen LogP contribution in [0.3, 0.4) is 0 Å². The minimum Gasteiger partial charge on any atom is -0.309 e. The molecule has 1 aromatic heterocycles. The van der Waals surface area contributed by atoms with Gasteiger partial charge in [0, 0.05) is 11.1 Å². The Balaban J connectivity index is 2.04. The highest BCUT2D eigenvalue weighted by molar-refractivity contribution is 5.89. The molecule has 0 amide bonds. The molecule has 0 spiro atoms. The summed E-state index contributed by atoms with van der Waals surface area (Å²) in [6, 6.07) is 27.3. The second-order valence-corrected chi connectivity index (χ2v) is 5.27. The predicted molar refractivity (Wildman–Crippen MR) is 88.7 cm³/mol. The van der Waals surface area contributed by atoms with Crippen LogP contribution in [0.4, 0.5) is 4.39 Å². The van der Waals surface area contributed by atoms with E-state index in [9.17, 15) is 4.39 Å². The van der Waals surface area contributed by atoms with Crippen LogP contribution in [0.15, 0.2) is 84.9 Å². The lowest BCUT2D eigenvalue weighted by Gasteiger charge is -2.11. The van der Waals surface area contributed by atoms with E-state index in [0.717, 1.165) is 22.5 Å². The second kappa shape index (κ2) is 5.15. The minimum absolute atomic E-state index is 0.217. The molecule has 22 heavy (non-hydrogen) atoms. The molecule has 0 fully saturated rings. The number of aromatic nitrogens is 1. The highest BCUT2D eigenvalue weighted by Gasteiger charge is 2.11. The van der Waals surface area contributed by atoms with Crippen LogP contribution in [0.1, 0.15) is 0 Å². The Morgan fingerprint density at radius 2 is 1.36 bits per heavy atom. The third-order valence-electron chi connectivity index (χ3n) is 3.87. The lowest BCUT2D eigenvalue weighted by Crippen LogP contribution is -1.96. The standard InChI is InChI=1S/C20H14FN/c21-17-12-10-15(11-13-17)20-14-16-6-4-5-9-19(16)22(20)18-7-2-1-3-8-18/h1-14H. The Kier molecular flexibility index (Phi) is 3.01. The average Bonchev–Trinajstić information content (AvgIpc) is 2.96. The van der Waals surface area contributed by atoms with Crippen molar-refractivity contribution in [3.05, 3.63) is 90.7 Å². The molecule has 3 aromatic carbocycles. The third kappa shape index (κ3) is 2.09. The van der Waals surface area contributed by atoms with Crippen molar-refractivity contribution in [3.63, 3.8) is 0 Å². The summed E-state index contributed by atoms with van der Waals surface area (Å²) in [5, 5.41) is 1.17. The molecule has 2 heteroatoms. The number of rotatable bonds is 2. The Morgan fingerprint density at radius 3 is 2.14 bits per heavy atom. The molecule has 0 saturated heterocycles. The van der Waals surface area contributed by atoms with Crippen molar-refractivity contribution in [2.75, 3.05) is 0 Å². The molecular weight excluding hydrogens is 273 g/mol. The number of hydrogen-bond donors (Lipinski definition) is 0. The topological polar surface area (TPSA) is 4.93 Å². The third-order valence-corrected chi connectivity index (χ3v) is 3.87. The van der Waals surface area contributed by atoms with Gasteiger partial charge in [-0.25, -0.2) is 4.39 Å². The first-order chi connectivity index (χ1) is 10.8. The van der Waals surface area contributed by atoms with Gasteiger partial charge in [-0.3, -0.25) is 0 Å². The summed E-state index contributed by atoms with van der Waals surface area (Å²) < 4.78 is 15.4. The van der Waals surface area contributed by atoms with E-state index in [1.165, 1.54) is 17.5 Å². The lowest BCUT2D eigenvalue weighted by atomic mass is 10.1. The first-order valence-electron chi connectivity index (χ1n) is 7.25. The van der Waals surface area contributed by atoms with Gasteiger partial charge in [0.2, 0.25) is 0 Å². The Bertz CT molecular complexity index is 921. The SMILES string of the molecule is Fc1ccc(-c2cc3ccccc3n2-c2ccccc2)cc1. The van der Waals surface area contributed by atoms with Crippen LogP contribution in [0.25, 0.3) is 27.8 Å². The summed E-state index contributed by atoms with van der Waals surface area (Å²) in [5.74, 6) is -0.217. The van der Waals surface area contributed by atoms with E-state index < -0.39 is 0 Å². The molecule has 0 aliphatic carbocycles. The van der Waals surface area contributed by atoms with E-state index in [1.54, 1.807) is 0 Å². The normalized spacial score (nSPS) is 11.0. The van der Waals surface area contributed by atoms with Crippen LogP contribution in [0, 0.1) is 5.82 Å². The molecule has 0 radical (unpaired) electrons. The summed E-state index contributed by atoms with van der Waals surface area (Å²) in [6.07, 6.45) is 0. The zero-order valence-electron chi connectivity index (χ0n) is 11.9. The maximum absolute atomic E-state index is 13.2. The summed E-state index contributed by atoms with van der Waals surface area (Å²) in [7, 11) is 0. The fraction of sp³-hybridized carbons (Fsp3) is 0. The van der Waals surface area contributed by atoms with Crippen LogP contribution in [0.5, 0.6) is 0 Å². The van der Waals surface area contributed by atoms with Crippen molar-refractivity contribution < 1.29 is 4.39 Å². The van der Waals surface area contributed by atoms with E-state index in [2.05, 4.69) is 34.9 Å². The summed E-state index contributed by atoms with van der Waals surface area (Å²) in [6.45, 7) is 0. The van der Waals surface area contributed by atoms with E-state index in [4.69, 9.17) is 0 Å². The van der Waals surface area contributed by atoms with Crippen LogP contribution in [-0.4, -0.2) is 4.57 Å². The first kappa shape index (κ1) is 12.8. The maximum atomic E-state index is 13.2. The fourth-order valence-electron chi connectivity index (χ4n) is 2.84. The van der Waals surface area contributed by atoms with Gasteiger partial charge in [0.25, 0.3) is 0 Å². The van der Waals surface area contributed by atoms with Crippen molar-refractivity contribution in [3.8, 4) is 16.9 Å². The number of hydrogen-bond acceptors (Lipinski definition) is 0. The van der Waals surface area contributed by atoms with Crippen LogP contribution >= 0.6 is 0 Å². The largest absolute Gasteiger partial charge is 0.309 e. The van der Waals surface area contributed by atoms with Crippen molar-refractivity contribution in [1.82, 2.24) is 4.57 Å². The summed E-state index contributed by atoms with van der Waals surface area (Å²) in [4.78, 5) is 0. The fourth-order valence-corrected chi connectivity index (χ4v) is 2.84. The Morgan fingerprint density at radius 1 is 0.682 bits per heavy atom. The van der Waals surface area contributed by atoms with Gasteiger partial charge in [0.05, 0.1) is 11.2 Å². The molecule has 4 rings (SSSR count). The highest BCUT2D eigenvalue weighted by Crippen LogP contribution is 2.31. The van der Waals surface area contributed by atoms with Gasteiger partial charge in [-0.05, 0) is 54.1 Å². The van der Waals surface area contributed by atoms with Crippen molar-refractivity contribution in [1.29, 1.82) is 0 Å². The van der Waals surface area contributed by atoms with Crippen LogP contribution < -0.4 is 0 Å². The molecule has 0 bridgehead atoms. The molecular formula is C20H14FN. The smallest absolute Gasteiger partial charge is 0.123 e. The minimum atomic E-state index is -0.217. The van der Waals surface area contributed by atoms with Crippen molar-refractivity contribution >= 4 is 10.9 Å². The molecule has 0 unspecified atom stereocenters. The molecule has 4 aromatic rings. The molecule has 0 N–H and O–H groups in total. The van der Waals surface area contributed by atoms with E-state index in [-0.39, 0.29) is 5.82 Å². The molecule has 1 heterocycles. The van der Waals surface area contributed by atoms with Gasteiger partial charge >= 0.3 is 0 Å². The number of nitrogens with zero attached hydrogens (tertiary/aromatic N) is 1. The first-order valence-corrected chi connectivity index (χ1v) is 7.25. The maximum Gasteiger partial charge on any atom is 0.123 e. The Hall–Kier alpha value is -2.87. The molecule has 0 atom stereocenters. The van der Waals surface area contributed by atoms with Gasteiger partial charge in [0.15, 0.2) is 0 Å². The number of para-hydroxylation sites is 2. The van der Waals surface area contributed by atoms with Gasteiger partial charge in [-0.2, -0.15) is 0 Å². The van der Waals surface area contributed by atoms with E-state index in [0.29, 0.717) is 0 Å². The zero-order chi connectivity index (χ0) is 14.9. The van der Waals surface area contributed by atoms with Crippen LogP contribution in [-0.2, 0) is 0 Å². The van der Waals surface area contributed by atoms with E-state index >= 15 is 0 Å². The average molecular weight is 287 g/mol. The van der Waals surface area contributed by atoms with Crippen molar-refractivity contribution in [2.24, 2.45) is 0 Å². The quantitative estimate of drug-likeness (QED) is 0.463. The number of benzene rings is 3. The lowest BCUT2D eigenvalue weighted by molar-refractivity contribution is 0.628. The molecule has 0 aliphatic rings. The number of fused-ring (bicyclic) bond motifs is 1. The van der Waals surface area contributed by atoms with Crippen molar-refractivity contribution in [2.45, 2.75) is 0 Å². The van der Waals surface area contributed by atoms with Gasteiger partial charge in [-0.15, -0.1) is 0 Å². The predicted octanol–water partition coefficient (Wildman–Crippen LogP) is 5.44. The molecule has 1 nitrogen and oxygen atoms in total. The highest BCUT2D eigenvalue weighted by atomic mass is 19.1. The number of halogens is 1. The summed E-state index contributed by atoms with van der Waals surface area (Å²) in [5.41, 5.74) is 4.31. The second-order valence-electron chi connectivity index (χ2n) is 5.27. The van der Waals surface area contributed by atoms with Gasteiger partial charge in [-0.1, -0.05) is 36.4 Å². The van der Waals surface area contributed by atoms with Gasteiger partial charge in [0.1, 0.15) is 5.82 Å². The Labute approximate surface area is 128 Å².